The zero-order chi connectivity index (χ0) is 13.0. The fourth-order valence-corrected chi connectivity index (χ4v) is 2.58. The Bertz CT molecular complexity index is 518. The van der Waals surface area contributed by atoms with Crippen LogP contribution in [0.3, 0.4) is 0 Å². The largest absolute Gasteiger partial charge is 0.327 e. The SMILES string of the molecule is O=Cc1ccccc1CS(=O)(=O)OC1OCCO1. The Kier molecular flexibility index (Phi) is 4.07. The molecule has 2 rings (SSSR count). The summed E-state index contributed by atoms with van der Waals surface area (Å²) >= 11 is 0. The molecule has 7 heteroatoms. The Morgan fingerprint density at radius 3 is 2.61 bits per heavy atom. The summed E-state index contributed by atoms with van der Waals surface area (Å²) in [7, 11) is -3.86. The average Bonchev–Trinajstić information content (AvgIpc) is 2.81. The van der Waals surface area contributed by atoms with E-state index in [1.54, 1.807) is 24.3 Å². The van der Waals surface area contributed by atoms with Crippen molar-refractivity contribution in [1.29, 1.82) is 0 Å². The Morgan fingerprint density at radius 1 is 1.28 bits per heavy atom. The molecule has 0 bridgehead atoms. The third kappa shape index (κ3) is 3.36. The Hall–Kier alpha value is -1.28. The minimum atomic E-state index is -3.86. The lowest BCUT2D eigenvalue weighted by Gasteiger charge is -2.11. The highest BCUT2D eigenvalue weighted by Crippen LogP contribution is 2.15. The van der Waals surface area contributed by atoms with Gasteiger partial charge in [-0.05, 0) is 5.56 Å². The van der Waals surface area contributed by atoms with Gasteiger partial charge < -0.3 is 9.47 Å². The Balaban J connectivity index is 2.09. The van der Waals surface area contributed by atoms with Gasteiger partial charge in [0.2, 0.25) is 0 Å². The van der Waals surface area contributed by atoms with Crippen LogP contribution in [0, 0.1) is 0 Å². The first-order chi connectivity index (χ1) is 8.61. The molecule has 0 aromatic heterocycles. The van der Waals surface area contributed by atoms with Crippen molar-refractivity contribution in [3.63, 3.8) is 0 Å². The Morgan fingerprint density at radius 2 is 1.94 bits per heavy atom. The minimum Gasteiger partial charge on any atom is -0.327 e. The van der Waals surface area contributed by atoms with Crippen LogP contribution in [0.5, 0.6) is 0 Å². The zero-order valence-corrected chi connectivity index (χ0v) is 10.3. The van der Waals surface area contributed by atoms with Crippen LogP contribution in [0.1, 0.15) is 15.9 Å². The van der Waals surface area contributed by atoms with E-state index < -0.39 is 22.3 Å². The van der Waals surface area contributed by atoms with Crippen molar-refractivity contribution in [2.45, 2.75) is 12.2 Å². The second kappa shape index (κ2) is 5.57. The van der Waals surface area contributed by atoms with Gasteiger partial charge in [0.1, 0.15) is 12.0 Å². The molecule has 18 heavy (non-hydrogen) atoms. The van der Waals surface area contributed by atoms with E-state index in [9.17, 15) is 13.2 Å². The van der Waals surface area contributed by atoms with Crippen LogP contribution in [0.25, 0.3) is 0 Å². The molecule has 0 unspecified atom stereocenters. The Labute approximate surface area is 105 Å². The van der Waals surface area contributed by atoms with Crippen molar-refractivity contribution in [2.24, 2.45) is 0 Å². The van der Waals surface area contributed by atoms with Crippen LogP contribution in [0.2, 0.25) is 0 Å². The summed E-state index contributed by atoms with van der Waals surface area (Å²) in [4.78, 5) is 10.8. The topological polar surface area (TPSA) is 78.9 Å². The number of benzene rings is 1. The van der Waals surface area contributed by atoms with Gasteiger partial charge in [0.15, 0.2) is 0 Å². The fraction of sp³-hybridized carbons (Fsp3) is 0.364. The van der Waals surface area contributed by atoms with E-state index in [1.807, 2.05) is 0 Å². The quantitative estimate of drug-likeness (QED) is 0.579. The number of aldehydes is 1. The lowest BCUT2D eigenvalue weighted by atomic mass is 10.1. The predicted octanol–water partition coefficient (Wildman–Crippen LogP) is 0.676. The number of carbonyl (C=O) groups excluding carboxylic acids is 1. The number of ether oxygens (including phenoxy) is 2. The van der Waals surface area contributed by atoms with E-state index in [0.717, 1.165) is 0 Å². The van der Waals surface area contributed by atoms with E-state index >= 15 is 0 Å². The van der Waals surface area contributed by atoms with Crippen LogP contribution < -0.4 is 0 Å². The molecule has 0 atom stereocenters. The van der Waals surface area contributed by atoms with Gasteiger partial charge in [-0.15, -0.1) is 0 Å². The molecule has 1 aliphatic rings. The fourth-order valence-electron chi connectivity index (χ4n) is 1.52. The highest BCUT2D eigenvalue weighted by Gasteiger charge is 2.25. The third-order valence-corrected chi connectivity index (χ3v) is 3.45. The van der Waals surface area contributed by atoms with Crippen LogP contribution in [-0.4, -0.2) is 34.4 Å². The molecule has 6 nitrogen and oxygen atoms in total. The molecule has 1 aliphatic heterocycles. The monoisotopic (exact) mass is 272 g/mol. The van der Waals surface area contributed by atoms with E-state index in [4.69, 9.17) is 13.7 Å². The zero-order valence-electron chi connectivity index (χ0n) is 9.44. The van der Waals surface area contributed by atoms with Crippen molar-refractivity contribution in [3.05, 3.63) is 35.4 Å². The molecule has 1 saturated heterocycles. The van der Waals surface area contributed by atoms with Crippen LogP contribution in [0.4, 0.5) is 0 Å². The van der Waals surface area contributed by atoms with E-state index in [2.05, 4.69) is 0 Å². The minimum absolute atomic E-state index is 0.297. The second-order valence-electron chi connectivity index (χ2n) is 3.65. The maximum absolute atomic E-state index is 11.7. The molecule has 0 radical (unpaired) electrons. The molecule has 0 amide bonds. The maximum atomic E-state index is 11.7. The molecule has 0 N–H and O–H groups in total. The molecule has 0 saturated carbocycles. The molecule has 1 aromatic carbocycles. The summed E-state index contributed by atoms with van der Waals surface area (Å²) in [5.41, 5.74) is 0.698. The predicted molar refractivity (Wildman–Crippen MR) is 61.2 cm³/mol. The molecule has 0 spiro atoms. The van der Waals surface area contributed by atoms with Crippen LogP contribution >= 0.6 is 0 Å². The molecular weight excluding hydrogens is 260 g/mol. The van der Waals surface area contributed by atoms with Gasteiger partial charge in [-0.1, -0.05) is 24.3 Å². The number of carbonyl (C=O) groups is 1. The van der Waals surface area contributed by atoms with Crippen molar-refractivity contribution >= 4 is 16.4 Å². The number of rotatable bonds is 5. The normalized spacial score (nSPS) is 16.9. The number of hydrogen-bond acceptors (Lipinski definition) is 6. The van der Waals surface area contributed by atoms with E-state index in [1.165, 1.54) is 0 Å². The summed E-state index contributed by atoms with van der Waals surface area (Å²) < 4.78 is 37.9. The first kappa shape index (κ1) is 13.2. The van der Waals surface area contributed by atoms with Gasteiger partial charge in [0, 0.05) is 5.56 Å². The van der Waals surface area contributed by atoms with Crippen molar-refractivity contribution in [3.8, 4) is 0 Å². The molecule has 1 aromatic rings. The van der Waals surface area contributed by atoms with Crippen LogP contribution in [0.15, 0.2) is 24.3 Å². The average molecular weight is 272 g/mol. The van der Waals surface area contributed by atoms with E-state index in [-0.39, 0.29) is 0 Å². The smallest absolute Gasteiger partial charge is 0.287 e. The maximum Gasteiger partial charge on any atom is 0.287 e. The second-order valence-corrected chi connectivity index (χ2v) is 5.24. The van der Waals surface area contributed by atoms with Crippen molar-refractivity contribution in [1.82, 2.24) is 0 Å². The first-order valence-corrected chi connectivity index (χ1v) is 6.86. The lowest BCUT2D eigenvalue weighted by Crippen LogP contribution is -2.20. The summed E-state index contributed by atoms with van der Waals surface area (Å²) in [6.07, 6.45) is 0.605. The van der Waals surface area contributed by atoms with E-state index in [0.29, 0.717) is 30.6 Å². The highest BCUT2D eigenvalue weighted by atomic mass is 32.2. The summed E-state index contributed by atoms with van der Waals surface area (Å²) in [5.74, 6) is -0.398. The summed E-state index contributed by atoms with van der Waals surface area (Å²) in [5, 5.41) is 0. The summed E-state index contributed by atoms with van der Waals surface area (Å²) in [6.45, 7) is -0.589. The van der Waals surface area contributed by atoms with Gasteiger partial charge in [0.05, 0.1) is 13.2 Å². The van der Waals surface area contributed by atoms with Gasteiger partial charge in [-0.3, -0.25) is 4.79 Å². The van der Waals surface area contributed by atoms with Crippen LogP contribution in [-0.2, 0) is 29.5 Å². The van der Waals surface area contributed by atoms with Crippen molar-refractivity contribution in [2.75, 3.05) is 13.2 Å². The van der Waals surface area contributed by atoms with Gasteiger partial charge in [0.25, 0.3) is 16.6 Å². The third-order valence-electron chi connectivity index (χ3n) is 2.33. The molecule has 1 fully saturated rings. The standard InChI is InChI=1S/C11H12O6S/c12-7-9-3-1-2-4-10(9)8-18(13,14)17-11-15-5-6-16-11/h1-4,7,11H,5-6,8H2. The lowest BCUT2D eigenvalue weighted by molar-refractivity contribution is -0.173. The molecule has 0 aliphatic carbocycles. The summed E-state index contributed by atoms with van der Waals surface area (Å²) in [6, 6.07) is 6.41. The molecule has 1 heterocycles. The van der Waals surface area contributed by atoms with Gasteiger partial charge >= 0.3 is 0 Å². The van der Waals surface area contributed by atoms with Gasteiger partial charge in [-0.25, -0.2) is 4.18 Å². The first-order valence-electron chi connectivity index (χ1n) is 5.28. The van der Waals surface area contributed by atoms with Gasteiger partial charge in [-0.2, -0.15) is 8.42 Å². The molecular formula is C11H12O6S. The molecule has 98 valence electrons. The number of hydrogen-bond donors (Lipinski definition) is 0. The highest BCUT2D eigenvalue weighted by molar-refractivity contribution is 7.85. The van der Waals surface area contributed by atoms with Crippen molar-refractivity contribution < 1.29 is 26.9 Å².